The molecule has 31 heavy (non-hydrogen) atoms. The first-order valence-electron chi connectivity index (χ1n) is 9.33. The Morgan fingerprint density at radius 2 is 1.68 bits per heavy atom. The van der Waals surface area contributed by atoms with Gasteiger partial charge in [-0.1, -0.05) is 60.1 Å². The number of methoxy groups -OCH3 is 1. The number of nitrogens with one attached hydrogen (secondary N) is 1. The second kappa shape index (κ2) is 10.3. The van der Waals surface area contributed by atoms with Crippen molar-refractivity contribution in [1.29, 1.82) is 0 Å². The average molecular weight is 438 g/mol. The highest BCUT2D eigenvalue weighted by Crippen LogP contribution is 2.37. The van der Waals surface area contributed by atoms with Gasteiger partial charge in [0, 0.05) is 5.56 Å². The van der Waals surface area contributed by atoms with Crippen LogP contribution in [-0.4, -0.2) is 24.1 Å². The van der Waals surface area contributed by atoms with Crippen LogP contribution in [-0.2, 0) is 11.4 Å². The number of carbonyl (C=O) groups excluding carboxylic acids is 1. The number of hydrogen-bond donors (Lipinski definition) is 2. The van der Waals surface area contributed by atoms with E-state index in [9.17, 15) is 14.7 Å². The highest BCUT2D eigenvalue weighted by molar-refractivity contribution is 6.32. The maximum absolute atomic E-state index is 12.3. The highest BCUT2D eigenvalue weighted by atomic mass is 35.5. The number of carbonyl (C=O) groups is 2. The molecule has 0 heterocycles. The zero-order valence-corrected chi connectivity index (χ0v) is 17.4. The van der Waals surface area contributed by atoms with E-state index < -0.39 is 11.9 Å². The molecule has 0 saturated heterocycles. The van der Waals surface area contributed by atoms with E-state index in [2.05, 4.69) is 5.32 Å². The number of hydrogen-bond acceptors (Lipinski definition) is 4. The summed E-state index contributed by atoms with van der Waals surface area (Å²) in [6.07, 6.45) is 1.30. The topological polar surface area (TPSA) is 84.9 Å². The SMILES string of the molecule is COc1cc(/C=C(/NC(=O)c2ccccc2)C(=O)O)cc(Cl)c1OCc1ccccc1. The summed E-state index contributed by atoms with van der Waals surface area (Å²) < 4.78 is 11.2. The van der Waals surface area contributed by atoms with E-state index >= 15 is 0 Å². The van der Waals surface area contributed by atoms with Crippen LogP contribution in [0.3, 0.4) is 0 Å². The second-order valence-corrected chi connectivity index (χ2v) is 6.90. The zero-order chi connectivity index (χ0) is 22.2. The summed E-state index contributed by atoms with van der Waals surface area (Å²) in [7, 11) is 1.46. The standard InChI is InChI=1S/C24H20ClNO5/c1-30-21-14-17(12-19(25)22(21)31-15-16-8-4-2-5-9-16)13-20(24(28)29)26-23(27)18-10-6-3-7-11-18/h2-14H,15H2,1H3,(H,26,27)(H,28,29)/b20-13+. The highest BCUT2D eigenvalue weighted by Gasteiger charge is 2.16. The molecule has 0 aliphatic heterocycles. The normalized spacial score (nSPS) is 11.0. The second-order valence-electron chi connectivity index (χ2n) is 6.49. The molecule has 3 aromatic carbocycles. The van der Waals surface area contributed by atoms with Gasteiger partial charge in [-0.25, -0.2) is 4.79 Å². The number of rotatable bonds is 8. The smallest absolute Gasteiger partial charge is 0.352 e. The first kappa shape index (κ1) is 21.9. The minimum atomic E-state index is -1.29. The molecule has 0 bridgehead atoms. The first-order valence-corrected chi connectivity index (χ1v) is 9.71. The molecule has 6 nitrogen and oxygen atoms in total. The van der Waals surface area contributed by atoms with Gasteiger partial charge in [-0.2, -0.15) is 0 Å². The van der Waals surface area contributed by atoms with Crippen molar-refractivity contribution in [3.05, 3.63) is 100 Å². The summed E-state index contributed by atoms with van der Waals surface area (Å²) in [6, 6.07) is 21.0. The van der Waals surface area contributed by atoms with Crippen molar-refractivity contribution in [2.45, 2.75) is 6.61 Å². The molecule has 0 saturated carbocycles. The van der Waals surface area contributed by atoms with Crippen molar-refractivity contribution in [2.75, 3.05) is 7.11 Å². The van der Waals surface area contributed by atoms with E-state index in [1.165, 1.54) is 13.2 Å². The predicted octanol–water partition coefficient (Wildman–Crippen LogP) is 4.78. The van der Waals surface area contributed by atoms with Crippen molar-refractivity contribution in [1.82, 2.24) is 5.32 Å². The van der Waals surface area contributed by atoms with Crippen LogP contribution in [0.4, 0.5) is 0 Å². The quantitative estimate of drug-likeness (QED) is 0.495. The minimum Gasteiger partial charge on any atom is -0.493 e. The molecule has 0 atom stereocenters. The number of halogens is 1. The van der Waals surface area contributed by atoms with Gasteiger partial charge in [0.2, 0.25) is 0 Å². The Labute approximate surface area is 184 Å². The summed E-state index contributed by atoms with van der Waals surface area (Å²) in [5.74, 6) is -1.14. The van der Waals surface area contributed by atoms with E-state index in [-0.39, 0.29) is 10.7 Å². The number of carboxylic acid groups (broad SMARTS) is 1. The lowest BCUT2D eigenvalue weighted by Gasteiger charge is -2.14. The number of aliphatic carboxylic acids is 1. The molecule has 7 heteroatoms. The van der Waals surface area contributed by atoms with Gasteiger partial charge in [0.15, 0.2) is 11.5 Å². The van der Waals surface area contributed by atoms with E-state index in [1.54, 1.807) is 42.5 Å². The largest absolute Gasteiger partial charge is 0.493 e. The van der Waals surface area contributed by atoms with Crippen molar-refractivity contribution in [2.24, 2.45) is 0 Å². The van der Waals surface area contributed by atoms with Gasteiger partial charge in [-0.15, -0.1) is 0 Å². The number of ether oxygens (including phenoxy) is 2. The summed E-state index contributed by atoms with van der Waals surface area (Å²) in [5.41, 5.74) is 1.43. The number of amides is 1. The molecule has 0 spiro atoms. The van der Waals surface area contributed by atoms with Crippen LogP contribution >= 0.6 is 11.6 Å². The molecule has 0 fully saturated rings. The Morgan fingerprint density at radius 1 is 1.03 bits per heavy atom. The molecular weight excluding hydrogens is 418 g/mol. The number of benzene rings is 3. The third-order valence-electron chi connectivity index (χ3n) is 4.30. The fourth-order valence-corrected chi connectivity index (χ4v) is 3.07. The van der Waals surface area contributed by atoms with Gasteiger partial charge in [0.1, 0.15) is 12.3 Å². The van der Waals surface area contributed by atoms with E-state index in [4.69, 9.17) is 21.1 Å². The number of carboxylic acids is 1. The first-order chi connectivity index (χ1) is 15.0. The third kappa shape index (κ3) is 5.87. The molecule has 0 radical (unpaired) electrons. The predicted molar refractivity (Wildman–Crippen MR) is 118 cm³/mol. The molecule has 0 aromatic heterocycles. The van der Waals surface area contributed by atoms with Crippen molar-refractivity contribution in [3.63, 3.8) is 0 Å². The summed E-state index contributed by atoms with van der Waals surface area (Å²) in [4.78, 5) is 24.0. The van der Waals surface area contributed by atoms with Crippen LogP contribution in [0.1, 0.15) is 21.5 Å². The molecule has 0 unspecified atom stereocenters. The Bertz CT molecular complexity index is 1100. The fraction of sp³-hybridized carbons (Fsp3) is 0.0833. The van der Waals surface area contributed by atoms with Crippen LogP contribution in [0, 0.1) is 0 Å². The lowest BCUT2D eigenvalue weighted by molar-refractivity contribution is -0.132. The third-order valence-corrected chi connectivity index (χ3v) is 4.58. The van der Waals surface area contributed by atoms with E-state index in [1.807, 2.05) is 30.3 Å². The van der Waals surface area contributed by atoms with Crippen LogP contribution in [0.5, 0.6) is 11.5 Å². The maximum atomic E-state index is 12.3. The van der Waals surface area contributed by atoms with Crippen LogP contribution in [0.2, 0.25) is 5.02 Å². The Morgan fingerprint density at radius 3 is 2.29 bits per heavy atom. The summed E-state index contributed by atoms with van der Waals surface area (Å²) >= 11 is 6.38. The zero-order valence-electron chi connectivity index (χ0n) is 16.7. The van der Waals surface area contributed by atoms with Gasteiger partial charge < -0.3 is 19.9 Å². The van der Waals surface area contributed by atoms with E-state index in [0.29, 0.717) is 29.2 Å². The van der Waals surface area contributed by atoms with Gasteiger partial charge in [-0.3, -0.25) is 4.79 Å². The fourth-order valence-electron chi connectivity index (χ4n) is 2.79. The van der Waals surface area contributed by atoms with E-state index in [0.717, 1.165) is 5.56 Å². The lowest BCUT2D eigenvalue weighted by atomic mass is 10.1. The average Bonchev–Trinajstić information content (AvgIpc) is 2.78. The van der Waals surface area contributed by atoms with Crippen molar-refractivity contribution in [3.8, 4) is 11.5 Å². The summed E-state index contributed by atoms with van der Waals surface area (Å²) in [6.45, 7) is 0.291. The molecule has 1 amide bonds. The van der Waals surface area contributed by atoms with Gasteiger partial charge in [0.25, 0.3) is 5.91 Å². The molecule has 2 N–H and O–H groups in total. The molecule has 3 aromatic rings. The Balaban J connectivity index is 1.84. The van der Waals surface area contributed by atoms with Crippen molar-refractivity contribution < 1.29 is 24.2 Å². The van der Waals surface area contributed by atoms with Crippen LogP contribution in [0.15, 0.2) is 78.5 Å². The Hall–Kier alpha value is -3.77. The lowest BCUT2D eigenvalue weighted by Crippen LogP contribution is -2.27. The van der Waals surface area contributed by atoms with Crippen molar-refractivity contribution >= 4 is 29.6 Å². The van der Waals surface area contributed by atoms with Gasteiger partial charge >= 0.3 is 5.97 Å². The van der Waals surface area contributed by atoms with Crippen LogP contribution < -0.4 is 14.8 Å². The molecule has 0 aliphatic rings. The molecular formula is C24H20ClNO5. The molecule has 158 valence electrons. The summed E-state index contributed by atoms with van der Waals surface area (Å²) in [5, 5.41) is 12.2. The van der Waals surface area contributed by atoms with Gasteiger partial charge in [0.05, 0.1) is 12.1 Å². The minimum absolute atomic E-state index is 0.251. The monoisotopic (exact) mass is 437 g/mol. The maximum Gasteiger partial charge on any atom is 0.352 e. The molecule has 3 rings (SSSR count). The molecule has 0 aliphatic carbocycles. The van der Waals surface area contributed by atoms with Crippen LogP contribution in [0.25, 0.3) is 6.08 Å². The van der Waals surface area contributed by atoms with Gasteiger partial charge in [-0.05, 0) is 41.5 Å². The Kier molecular flexibility index (Phi) is 7.30.